The molecule has 1 aromatic carbocycles. The van der Waals surface area contributed by atoms with Crippen LogP contribution in [0, 0.1) is 12.8 Å². The number of rotatable bonds is 7. The Morgan fingerprint density at radius 2 is 2.09 bits per heavy atom. The van der Waals surface area contributed by atoms with Gasteiger partial charge in [-0.25, -0.2) is 4.99 Å². The largest absolute Gasteiger partial charge is 0.396 e. The zero-order chi connectivity index (χ0) is 15.7. The second-order valence-corrected chi connectivity index (χ2v) is 6.03. The van der Waals surface area contributed by atoms with Gasteiger partial charge in [-0.2, -0.15) is 0 Å². The molecule has 3 N–H and O–H groups in total. The minimum absolute atomic E-state index is 0. The molecule has 1 rings (SSSR count). The van der Waals surface area contributed by atoms with Crippen molar-refractivity contribution < 1.29 is 5.11 Å². The summed E-state index contributed by atoms with van der Waals surface area (Å²) < 4.78 is 0. The van der Waals surface area contributed by atoms with E-state index >= 15 is 0 Å². The van der Waals surface area contributed by atoms with E-state index in [9.17, 15) is 0 Å². The van der Waals surface area contributed by atoms with E-state index in [0.29, 0.717) is 13.1 Å². The number of nitrogens with zero attached hydrogens (tertiary/aromatic N) is 1. The van der Waals surface area contributed by atoms with Crippen LogP contribution in [0.25, 0.3) is 0 Å². The first-order valence-electron chi connectivity index (χ1n) is 7.37. The number of aliphatic hydroxyl groups excluding tert-OH is 1. The lowest BCUT2D eigenvalue weighted by Crippen LogP contribution is -2.39. The molecular weight excluding hydrogens is 409 g/mol. The lowest BCUT2D eigenvalue weighted by molar-refractivity contribution is 0.238. The maximum atomic E-state index is 9.08. The molecule has 0 heterocycles. The summed E-state index contributed by atoms with van der Waals surface area (Å²) in [5.41, 5.74) is 2.51. The Bertz CT molecular complexity index is 469. The van der Waals surface area contributed by atoms with Crippen molar-refractivity contribution in [1.82, 2.24) is 10.6 Å². The molecule has 0 saturated heterocycles. The van der Waals surface area contributed by atoms with Gasteiger partial charge in [-0.1, -0.05) is 19.1 Å². The number of hydrogen-bond acceptors (Lipinski definition) is 3. The van der Waals surface area contributed by atoms with E-state index in [4.69, 9.17) is 5.11 Å². The van der Waals surface area contributed by atoms with Crippen molar-refractivity contribution in [3.63, 3.8) is 0 Å². The first-order valence-corrected chi connectivity index (χ1v) is 8.59. The number of aliphatic imine (C=N–C) groups is 1. The molecule has 0 aliphatic rings. The number of halogens is 1. The van der Waals surface area contributed by atoms with Crippen molar-refractivity contribution >= 4 is 41.7 Å². The molecule has 0 aliphatic carbocycles. The molecule has 0 spiro atoms. The first-order chi connectivity index (χ1) is 10.1. The number of aliphatic hydroxyl groups is 1. The Hall–Kier alpha value is -0.470. The van der Waals surface area contributed by atoms with Gasteiger partial charge in [0.2, 0.25) is 0 Å². The van der Waals surface area contributed by atoms with Crippen molar-refractivity contribution in [2.75, 3.05) is 26.0 Å². The van der Waals surface area contributed by atoms with Crippen molar-refractivity contribution in [2.45, 2.75) is 32.2 Å². The predicted molar refractivity (Wildman–Crippen MR) is 107 cm³/mol. The molecule has 22 heavy (non-hydrogen) atoms. The molecule has 6 heteroatoms. The Morgan fingerprint density at radius 3 is 2.68 bits per heavy atom. The smallest absolute Gasteiger partial charge is 0.191 e. The van der Waals surface area contributed by atoms with E-state index in [2.05, 4.69) is 47.0 Å². The quantitative estimate of drug-likeness (QED) is 0.266. The molecule has 0 fully saturated rings. The average molecular weight is 437 g/mol. The fraction of sp³-hybridized carbons (Fsp3) is 0.562. The van der Waals surface area contributed by atoms with Crippen molar-refractivity contribution in [3.05, 3.63) is 29.3 Å². The number of thioether (sulfide) groups is 1. The van der Waals surface area contributed by atoms with Crippen LogP contribution in [0.3, 0.4) is 0 Å². The number of benzene rings is 1. The number of hydrogen-bond donors (Lipinski definition) is 3. The average Bonchev–Trinajstić information content (AvgIpc) is 2.50. The maximum Gasteiger partial charge on any atom is 0.191 e. The van der Waals surface area contributed by atoms with Crippen LogP contribution >= 0.6 is 35.7 Å². The summed E-state index contributed by atoms with van der Waals surface area (Å²) in [6.45, 7) is 8.53. The highest BCUT2D eigenvalue weighted by Gasteiger charge is 2.04. The Morgan fingerprint density at radius 1 is 1.36 bits per heavy atom. The summed E-state index contributed by atoms with van der Waals surface area (Å²) in [4.78, 5) is 5.90. The van der Waals surface area contributed by atoms with Crippen LogP contribution in [0.1, 0.15) is 25.0 Å². The van der Waals surface area contributed by atoms with Crippen LogP contribution in [0.5, 0.6) is 0 Å². The molecule has 0 bridgehead atoms. The van der Waals surface area contributed by atoms with Gasteiger partial charge < -0.3 is 15.7 Å². The third-order valence-electron chi connectivity index (χ3n) is 3.12. The third-order valence-corrected chi connectivity index (χ3v) is 3.94. The topological polar surface area (TPSA) is 56.7 Å². The van der Waals surface area contributed by atoms with Crippen LogP contribution in [0.15, 0.2) is 28.1 Å². The van der Waals surface area contributed by atoms with Crippen LogP contribution in [-0.4, -0.2) is 37.0 Å². The van der Waals surface area contributed by atoms with Crippen LogP contribution in [0.2, 0.25) is 0 Å². The Kier molecular flexibility index (Phi) is 11.8. The molecule has 4 nitrogen and oxygen atoms in total. The van der Waals surface area contributed by atoms with Crippen molar-refractivity contribution in [1.29, 1.82) is 0 Å². The number of guanidine groups is 1. The molecule has 0 aromatic heterocycles. The third kappa shape index (κ3) is 7.69. The van der Waals surface area contributed by atoms with E-state index in [1.807, 2.05) is 13.8 Å². The standard InChI is InChI=1S/C16H27N3OS.HI/c1-5-17-16(18-9-13(3)11-20)19-10-14-7-6-12(2)8-15(14)21-4;/h6-8,13,20H,5,9-11H2,1-4H3,(H2,17,18,19);1H. The van der Waals surface area contributed by atoms with Crippen LogP contribution in [0.4, 0.5) is 0 Å². The molecule has 0 radical (unpaired) electrons. The zero-order valence-electron chi connectivity index (χ0n) is 13.8. The summed E-state index contributed by atoms with van der Waals surface area (Å²) in [5, 5.41) is 15.6. The Labute approximate surface area is 155 Å². The van der Waals surface area contributed by atoms with Gasteiger partial charge in [0.05, 0.1) is 6.54 Å². The van der Waals surface area contributed by atoms with Gasteiger partial charge in [0, 0.05) is 24.6 Å². The van der Waals surface area contributed by atoms with Gasteiger partial charge in [-0.15, -0.1) is 35.7 Å². The minimum atomic E-state index is 0. The van der Waals surface area contributed by atoms with Gasteiger partial charge in [-0.05, 0) is 43.2 Å². The molecule has 1 unspecified atom stereocenters. The normalized spacial score (nSPS) is 12.5. The van der Waals surface area contributed by atoms with Crippen LogP contribution in [-0.2, 0) is 6.54 Å². The summed E-state index contributed by atoms with van der Waals surface area (Å²) in [6, 6.07) is 6.47. The van der Waals surface area contributed by atoms with Gasteiger partial charge >= 0.3 is 0 Å². The fourth-order valence-corrected chi connectivity index (χ4v) is 2.52. The molecule has 1 aromatic rings. The molecule has 126 valence electrons. The molecule has 1 atom stereocenters. The SMILES string of the molecule is CCNC(=NCc1ccc(C)cc1SC)NCC(C)CO.I. The van der Waals surface area contributed by atoms with Gasteiger partial charge in [0.1, 0.15) is 0 Å². The van der Waals surface area contributed by atoms with Gasteiger partial charge in [0.25, 0.3) is 0 Å². The maximum absolute atomic E-state index is 9.08. The van der Waals surface area contributed by atoms with Gasteiger partial charge in [-0.3, -0.25) is 0 Å². The van der Waals surface area contributed by atoms with Crippen LogP contribution < -0.4 is 10.6 Å². The zero-order valence-corrected chi connectivity index (χ0v) is 17.0. The van der Waals surface area contributed by atoms with Gasteiger partial charge in [0.15, 0.2) is 5.96 Å². The summed E-state index contributed by atoms with van der Waals surface area (Å²) in [7, 11) is 0. The highest BCUT2D eigenvalue weighted by molar-refractivity contribution is 14.0. The lowest BCUT2D eigenvalue weighted by atomic mass is 10.1. The number of nitrogens with one attached hydrogen (secondary N) is 2. The monoisotopic (exact) mass is 437 g/mol. The second-order valence-electron chi connectivity index (χ2n) is 5.18. The first kappa shape index (κ1) is 21.5. The van der Waals surface area contributed by atoms with E-state index in [1.165, 1.54) is 16.0 Å². The summed E-state index contributed by atoms with van der Waals surface area (Å²) in [5.74, 6) is 1.01. The van der Waals surface area contributed by atoms with E-state index in [0.717, 1.165) is 12.5 Å². The van der Waals surface area contributed by atoms with Crippen molar-refractivity contribution in [2.24, 2.45) is 10.9 Å². The van der Waals surface area contributed by atoms with E-state index < -0.39 is 0 Å². The highest BCUT2D eigenvalue weighted by atomic mass is 127. The molecule has 0 aliphatic heterocycles. The number of aryl methyl sites for hydroxylation is 1. The highest BCUT2D eigenvalue weighted by Crippen LogP contribution is 2.22. The fourth-order valence-electron chi connectivity index (χ4n) is 1.82. The van der Waals surface area contributed by atoms with E-state index in [-0.39, 0.29) is 36.5 Å². The minimum Gasteiger partial charge on any atom is -0.396 e. The van der Waals surface area contributed by atoms with Crippen molar-refractivity contribution in [3.8, 4) is 0 Å². The summed E-state index contributed by atoms with van der Waals surface area (Å²) >= 11 is 1.75. The Balaban J connectivity index is 0.00000441. The second kappa shape index (κ2) is 12.0. The summed E-state index contributed by atoms with van der Waals surface area (Å²) in [6.07, 6.45) is 2.09. The molecular formula is C16H28IN3OS. The molecule has 0 saturated carbocycles. The van der Waals surface area contributed by atoms with E-state index in [1.54, 1.807) is 11.8 Å². The predicted octanol–water partition coefficient (Wildman–Crippen LogP) is 3.02. The molecule has 0 amide bonds. The lowest BCUT2D eigenvalue weighted by Gasteiger charge is -2.14.